The zero-order valence-electron chi connectivity index (χ0n) is 10.7. The van der Waals surface area contributed by atoms with Crippen LogP contribution in [-0.4, -0.2) is 24.6 Å². The van der Waals surface area contributed by atoms with Crippen molar-refractivity contribution in [2.75, 3.05) is 18.5 Å². The van der Waals surface area contributed by atoms with Crippen LogP contribution in [-0.2, 0) is 0 Å². The van der Waals surface area contributed by atoms with E-state index in [1.165, 1.54) is 0 Å². The third kappa shape index (κ3) is 4.04. The Labute approximate surface area is 103 Å². The molecule has 4 nitrogen and oxygen atoms in total. The highest BCUT2D eigenvalue weighted by Gasteiger charge is 2.09. The fraction of sp³-hybridized carbons (Fsp3) is 0.538. The van der Waals surface area contributed by atoms with E-state index in [4.69, 9.17) is 11.0 Å². The van der Waals surface area contributed by atoms with Crippen LogP contribution in [0.25, 0.3) is 0 Å². The summed E-state index contributed by atoms with van der Waals surface area (Å²) in [6, 6.07) is 5.96. The predicted octanol–water partition coefficient (Wildman–Crippen LogP) is 1.76. The normalized spacial score (nSPS) is 12.2. The summed E-state index contributed by atoms with van der Waals surface area (Å²) < 4.78 is 0. The van der Waals surface area contributed by atoms with E-state index in [9.17, 15) is 0 Å². The van der Waals surface area contributed by atoms with Gasteiger partial charge in [-0.25, -0.2) is 4.98 Å². The van der Waals surface area contributed by atoms with Gasteiger partial charge in [-0.05, 0) is 24.5 Å². The molecular weight excluding hydrogens is 212 g/mol. The molecule has 1 atom stereocenters. The molecule has 0 fully saturated rings. The summed E-state index contributed by atoms with van der Waals surface area (Å²) in [7, 11) is 2.00. The average Bonchev–Trinajstić information content (AvgIpc) is 2.35. The molecule has 1 rings (SSSR count). The highest BCUT2D eigenvalue weighted by atomic mass is 15.1. The molecule has 0 aromatic carbocycles. The molecule has 1 aromatic rings. The van der Waals surface area contributed by atoms with Gasteiger partial charge in [-0.1, -0.05) is 13.8 Å². The Morgan fingerprint density at radius 2 is 2.24 bits per heavy atom. The maximum Gasteiger partial charge on any atom is 0.142 e. The summed E-state index contributed by atoms with van der Waals surface area (Å²) in [5.41, 5.74) is 7.46. The van der Waals surface area contributed by atoms with E-state index in [0.717, 1.165) is 18.7 Å². The van der Waals surface area contributed by atoms with E-state index in [-0.39, 0.29) is 6.04 Å². The Kier molecular flexibility index (Phi) is 4.92. The molecule has 2 N–H and O–H groups in total. The Balaban J connectivity index is 2.58. The van der Waals surface area contributed by atoms with Gasteiger partial charge in [-0.3, -0.25) is 0 Å². The lowest BCUT2D eigenvalue weighted by Gasteiger charge is -2.23. The molecule has 0 aliphatic heterocycles. The predicted molar refractivity (Wildman–Crippen MR) is 69.7 cm³/mol. The zero-order valence-corrected chi connectivity index (χ0v) is 10.7. The molecule has 1 unspecified atom stereocenters. The van der Waals surface area contributed by atoms with Crippen molar-refractivity contribution in [2.45, 2.75) is 26.3 Å². The zero-order chi connectivity index (χ0) is 12.8. The van der Waals surface area contributed by atoms with Crippen LogP contribution in [0.1, 0.15) is 26.0 Å². The topological polar surface area (TPSA) is 65.9 Å². The lowest BCUT2D eigenvalue weighted by atomic mass is 10.0. The molecule has 0 radical (unpaired) electrons. The van der Waals surface area contributed by atoms with Crippen LogP contribution in [0, 0.1) is 17.2 Å². The summed E-state index contributed by atoms with van der Waals surface area (Å²) in [5.74, 6) is 0.496. The van der Waals surface area contributed by atoms with Crippen LogP contribution < -0.4 is 10.6 Å². The quantitative estimate of drug-likeness (QED) is 0.840. The number of hydrogen-bond acceptors (Lipinski definition) is 4. The Morgan fingerprint density at radius 1 is 1.53 bits per heavy atom. The average molecular weight is 232 g/mol. The molecule has 0 bridgehead atoms. The fourth-order valence-corrected chi connectivity index (χ4v) is 1.52. The standard InChI is InChI=1S/C13H20N4/c1-10(2)13(15)5-7-17(3)12-4-6-16-11(8-12)9-14/h4,6,8,10,13H,5,7,15H2,1-3H3. The van der Waals surface area contributed by atoms with Crippen molar-refractivity contribution in [1.29, 1.82) is 5.26 Å². The van der Waals surface area contributed by atoms with Crippen molar-refractivity contribution in [2.24, 2.45) is 11.7 Å². The molecule has 17 heavy (non-hydrogen) atoms. The van der Waals surface area contributed by atoms with Gasteiger partial charge in [0.25, 0.3) is 0 Å². The van der Waals surface area contributed by atoms with Crippen molar-refractivity contribution >= 4 is 5.69 Å². The molecule has 0 saturated carbocycles. The lowest BCUT2D eigenvalue weighted by molar-refractivity contribution is 0.466. The molecule has 4 heteroatoms. The number of pyridine rings is 1. The molecule has 0 spiro atoms. The molecule has 0 aliphatic carbocycles. The van der Waals surface area contributed by atoms with Crippen molar-refractivity contribution in [3.05, 3.63) is 24.0 Å². The van der Waals surface area contributed by atoms with Crippen molar-refractivity contribution in [3.8, 4) is 6.07 Å². The van der Waals surface area contributed by atoms with Crippen LogP contribution in [0.2, 0.25) is 0 Å². The van der Waals surface area contributed by atoms with E-state index >= 15 is 0 Å². The van der Waals surface area contributed by atoms with Crippen molar-refractivity contribution in [3.63, 3.8) is 0 Å². The fourth-order valence-electron chi connectivity index (χ4n) is 1.52. The van der Waals surface area contributed by atoms with E-state index < -0.39 is 0 Å². The Hall–Kier alpha value is -1.60. The first-order chi connectivity index (χ1) is 8.04. The Morgan fingerprint density at radius 3 is 2.82 bits per heavy atom. The van der Waals surface area contributed by atoms with E-state index in [0.29, 0.717) is 11.6 Å². The van der Waals surface area contributed by atoms with Gasteiger partial charge in [-0.2, -0.15) is 5.26 Å². The number of rotatable bonds is 5. The first-order valence-corrected chi connectivity index (χ1v) is 5.87. The van der Waals surface area contributed by atoms with Crippen molar-refractivity contribution < 1.29 is 0 Å². The largest absolute Gasteiger partial charge is 0.374 e. The third-order valence-electron chi connectivity index (χ3n) is 2.95. The molecule has 0 aliphatic rings. The smallest absolute Gasteiger partial charge is 0.142 e. The first kappa shape index (κ1) is 13.5. The number of nitrogens with two attached hydrogens (primary N) is 1. The van der Waals surface area contributed by atoms with E-state index in [1.54, 1.807) is 12.3 Å². The number of anilines is 1. The van der Waals surface area contributed by atoms with Crippen molar-refractivity contribution in [1.82, 2.24) is 4.98 Å². The highest BCUT2D eigenvalue weighted by Crippen LogP contribution is 2.14. The minimum absolute atomic E-state index is 0.217. The van der Waals surface area contributed by atoms with Gasteiger partial charge in [0.05, 0.1) is 0 Å². The molecular formula is C13H20N4. The summed E-state index contributed by atoms with van der Waals surface area (Å²) in [6.45, 7) is 5.14. The number of nitriles is 1. The molecule has 0 amide bonds. The van der Waals surface area contributed by atoms with Crippen LogP contribution in [0.15, 0.2) is 18.3 Å². The molecule has 1 heterocycles. The maximum absolute atomic E-state index is 8.78. The van der Waals surface area contributed by atoms with Crippen LogP contribution in [0.4, 0.5) is 5.69 Å². The minimum Gasteiger partial charge on any atom is -0.374 e. The summed E-state index contributed by atoms with van der Waals surface area (Å²) in [6.07, 6.45) is 2.60. The van der Waals surface area contributed by atoms with Gasteiger partial charge in [0.1, 0.15) is 11.8 Å². The summed E-state index contributed by atoms with van der Waals surface area (Å²) in [4.78, 5) is 6.05. The second kappa shape index (κ2) is 6.21. The highest BCUT2D eigenvalue weighted by molar-refractivity contribution is 5.47. The van der Waals surface area contributed by atoms with Gasteiger partial charge in [0.2, 0.25) is 0 Å². The maximum atomic E-state index is 8.78. The van der Waals surface area contributed by atoms with Gasteiger partial charge in [-0.15, -0.1) is 0 Å². The van der Waals surface area contributed by atoms with Crippen LogP contribution in [0.5, 0.6) is 0 Å². The number of aromatic nitrogens is 1. The van der Waals surface area contributed by atoms with Crippen LogP contribution >= 0.6 is 0 Å². The minimum atomic E-state index is 0.217. The molecule has 92 valence electrons. The third-order valence-corrected chi connectivity index (χ3v) is 2.95. The van der Waals surface area contributed by atoms with Gasteiger partial charge < -0.3 is 10.6 Å². The first-order valence-electron chi connectivity index (χ1n) is 5.87. The SMILES string of the molecule is CC(C)C(N)CCN(C)c1ccnc(C#N)c1. The molecule has 0 saturated heterocycles. The van der Waals surface area contributed by atoms with Gasteiger partial charge in [0, 0.05) is 31.5 Å². The van der Waals surface area contributed by atoms with Gasteiger partial charge >= 0.3 is 0 Å². The van der Waals surface area contributed by atoms with Gasteiger partial charge in [0.15, 0.2) is 0 Å². The summed E-state index contributed by atoms with van der Waals surface area (Å²) in [5, 5.41) is 8.78. The number of nitrogens with zero attached hydrogens (tertiary/aromatic N) is 3. The second-order valence-corrected chi connectivity index (χ2v) is 4.63. The Bertz CT molecular complexity index is 395. The van der Waals surface area contributed by atoms with E-state index in [2.05, 4.69) is 23.7 Å². The second-order valence-electron chi connectivity index (χ2n) is 4.63. The molecule has 1 aromatic heterocycles. The lowest BCUT2D eigenvalue weighted by Crippen LogP contribution is -2.31. The van der Waals surface area contributed by atoms with E-state index in [1.807, 2.05) is 19.2 Å². The number of hydrogen-bond donors (Lipinski definition) is 1. The monoisotopic (exact) mass is 232 g/mol. The van der Waals surface area contributed by atoms with Crippen LogP contribution in [0.3, 0.4) is 0 Å². The summed E-state index contributed by atoms with van der Waals surface area (Å²) >= 11 is 0.